The van der Waals surface area contributed by atoms with Gasteiger partial charge in [-0.3, -0.25) is 0 Å². The van der Waals surface area contributed by atoms with Gasteiger partial charge in [0.05, 0.1) is 10.9 Å². The molecule has 0 radical (unpaired) electrons. The van der Waals surface area contributed by atoms with Crippen LogP contribution in [0, 0.1) is 24.7 Å². The molecule has 0 saturated heterocycles. The third kappa shape index (κ3) is 4.22. The molecule has 1 aliphatic rings. The van der Waals surface area contributed by atoms with Gasteiger partial charge >= 0.3 is 0 Å². The summed E-state index contributed by atoms with van der Waals surface area (Å²) in [6, 6.07) is 18.4. The molecule has 194 valence electrons. The Labute approximate surface area is 233 Å². The monoisotopic (exact) mass is 519 g/mol. The first-order chi connectivity index (χ1) is 18.2. The molecule has 1 aromatic heterocycles. The van der Waals surface area contributed by atoms with E-state index in [1.165, 1.54) is 75.6 Å². The van der Waals surface area contributed by atoms with Crippen molar-refractivity contribution < 1.29 is 5.94 Å². The van der Waals surface area contributed by atoms with Gasteiger partial charge < -0.3 is 0 Å². The van der Waals surface area contributed by atoms with E-state index in [4.69, 9.17) is 1.37 Å². The van der Waals surface area contributed by atoms with Crippen LogP contribution in [0.3, 0.4) is 0 Å². The second-order valence-corrected chi connectivity index (χ2v) is 14.9. The van der Waals surface area contributed by atoms with E-state index in [0.29, 0.717) is 6.17 Å². The predicted molar refractivity (Wildman–Crippen MR) is 165 cm³/mol. The van der Waals surface area contributed by atoms with Crippen molar-refractivity contribution in [2.24, 2.45) is 17.9 Å². The fourth-order valence-corrected chi connectivity index (χ4v) is 7.72. The van der Waals surface area contributed by atoms with E-state index in [-0.39, 0.29) is 10.8 Å². The first kappa shape index (κ1) is 24.2. The largest absolute Gasteiger partial charge is 0.222 e. The average molecular weight is 520 g/mol. The first-order valence-corrected chi connectivity index (χ1v) is 14.7. The van der Waals surface area contributed by atoms with Gasteiger partial charge in [0.2, 0.25) is 5.69 Å². The third-order valence-electron chi connectivity index (χ3n) is 7.86. The Kier molecular flexibility index (Phi) is 5.47. The minimum absolute atomic E-state index is 0.156. The summed E-state index contributed by atoms with van der Waals surface area (Å²) in [6.45, 7) is 18.4. The highest BCUT2D eigenvalue weighted by Gasteiger charge is 2.33. The van der Waals surface area contributed by atoms with Crippen LogP contribution >= 0.6 is 11.8 Å². The zero-order valence-corrected chi connectivity index (χ0v) is 25.2. The smallest absolute Gasteiger partial charge is 0.200 e. The maximum absolute atomic E-state index is 9.08. The average Bonchev–Trinajstić information content (AvgIpc) is 2.83. The molecule has 0 unspecified atom stereocenters. The summed E-state index contributed by atoms with van der Waals surface area (Å²) >= 11 is 1.94. The summed E-state index contributed by atoms with van der Waals surface area (Å²) in [5.41, 5.74) is 8.31. The quantitative estimate of drug-likeness (QED) is 0.163. The van der Waals surface area contributed by atoms with Crippen LogP contribution in [0.5, 0.6) is 0 Å². The number of pyridine rings is 1. The van der Waals surface area contributed by atoms with Crippen LogP contribution in [0.4, 0.5) is 0 Å². The Morgan fingerprint density at radius 3 is 2.24 bits per heavy atom. The van der Waals surface area contributed by atoms with Crippen molar-refractivity contribution in [1.82, 2.24) is 0 Å². The minimum Gasteiger partial charge on any atom is -0.200 e. The van der Waals surface area contributed by atoms with Crippen LogP contribution in [0.25, 0.3) is 43.6 Å². The topological polar surface area (TPSA) is 3.88 Å². The molecule has 0 saturated carbocycles. The Morgan fingerprint density at radius 2 is 1.53 bits per heavy atom. The van der Waals surface area contributed by atoms with Gasteiger partial charge in [0.25, 0.3) is 0 Å². The number of benzene rings is 4. The van der Waals surface area contributed by atoms with Crippen LogP contribution in [0.15, 0.2) is 64.5 Å². The van der Waals surface area contributed by atoms with Crippen molar-refractivity contribution in [2.45, 2.75) is 78.0 Å². The van der Waals surface area contributed by atoms with Crippen molar-refractivity contribution in [3.8, 4) is 11.3 Å². The zero-order valence-electron chi connectivity index (χ0n) is 25.4. The summed E-state index contributed by atoms with van der Waals surface area (Å²) in [5.74, 6) is 0. The van der Waals surface area contributed by atoms with Crippen LogP contribution in [0.2, 0.25) is 0 Å². The SMILES string of the molecule is [2H]c1cc2c3c(cc4ccc(CC(C)(C)C)cc42)Sc2c(c(C)c4cc(C)ccc4c2CC(C)(C)C)-c3[n+]1C. The summed E-state index contributed by atoms with van der Waals surface area (Å²) in [6.07, 6.45) is 2.59. The van der Waals surface area contributed by atoms with E-state index in [1.54, 1.807) is 0 Å². The molecule has 0 aliphatic carbocycles. The lowest BCUT2D eigenvalue weighted by Gasteiger charge is -2.28. The maximum atomic E-state index is 9.08. The molecule has 5 aromatic rings. The number of rotatable bonds is 2. The molecule has 0 amide bonds. The van der Waals surface area contributed by atoms with Gasteiger partial charge in [0, 0.05) is 21.2 Å². The van der Waals surface area contributed by atoms with Crippen molar-refractivity contribution in [3.05, 3.63) is 77.0 Å². The first-order valence-electron chi connectivity index (χ1n) is 14.3. The van der Waals surface area contributed by atoms with Gasteiger partial charge in [-0.05, 0) is 81.8 Å². The van der Waals surface area contributed by atoms with Crippen LogP contribution in [0.1, 0.15) is 65.2 Å². The number of hydrogen-bond acceptors (Lipinski definition) is 1. The third-order valence-corrected chi connectivity index (χ3v) is 9.05. The van der Waals surface area contributed by atoms with Crippen molar-refractivity contribution in [2.75, 3.05) is 0 Å². The van der Waals surface area contributed by atoms with E-state index < -0.39 is 0 Å². The van der Waals surface area contributed by atoms with Crippen LogP contribution in [-0.4, -0.2) is 0 Å². The fraction of sp³-hybridized carbons (Fsp3) is 0.361. The molecule has 38 heavy (non-hydrogen) atoms. The van der Waals surface area contributed by atoms with E-state index >= 15 is 0 Å². The minimum atomic E-state index is 0.156. The molecule has 1 aliphatic heterocycles. The van der Waals surface area contributed by atoms with E-state index in [2.05, 4.69) is 116 Å². The number of hydrogen-bond donors (Lipinski definition) is 0. The Balaban J connectivity index is 1.76. The molecular weight excluding hydrogens is 478 g/mol. The molecule has 0 atom stereocenters. The Bertz CT molecular complexity index is 1830. The lowest BCUT2D eigenvalue weighted by molar-refractivity contribution is -0.659. The summed E-state index contributed by atoms with van der Waals surface area (Å²) < 4.78 is 11.2. The molecule has 2 heterocycles. The molecule has 4 aromatic carbocycles. The van der Waals surface area contributed by atoms with Gasteiger partial charge in [-0.2, -0.15) is 0 Å². The fourth-order valence-electron chi connectivity index (χ4n) is 6.35. The van der Waals surface area contributed by atoms with Crippen molar-refractivity contribution in [1.29, 1.82) is 0 Å². The number of aryl methyl sites for hydroxylation is 2. The van der Waals surface area contributed by atoms with Crippen LogP contribution in [-0.2, 0) is 19.9 Å². The maximum Gasteiger partial charge on any atom is 0.222 e. The normalized spacial score (nSPS) is 13.9. The summed E-state index contributed by atoms with van der Waals surface area (Å²) in [7, 11) is 2.07. The van der Waals surface area contributed by atoms with Gasteiger partial charge in [-0.1, -0.05) is 95.3 Å². The second kappa shape index (κ2) is 8.58. The number of fused-ring (bicyclic) bond motifs is 5. The summed E-state index contributed by atoms with van der Waals surface area (Å²) in [5, 5.41) is 7.74. The van der Waals surface area contributed by atoms with Crippen LogP contribution < -0.4 is 4.57 Å². The zero-order chi connectivity index (χ0) is 28.0. The standard InChI is InChI=1S/C36H40NS/c1-21-10-13-25-27(16-21)22(2)31-33-32-26(14-15-37(33)9)28-17-23(19-35(3,4)5)11-12-24(28)18-30(32)38-34(31)29(25)20-36(6,7)8/h10-18H,19-20H2,1-9H3/q+1/i15D. The van der Waals surface area contributed by atoms with Gasteiger partial charge in [-0.25, -0.2) is 4.57 Å². The second-order valence-electron chi connectivity index (χ2n) is 13.8. The highest BCUT2D eigenvalue weighted by molar-refractivity contribution is 8.00. The molecule has 0 N–H and O–H groups in total. The molecule has 0 bridgehead atoms. The van der Waals surface area contributed by atoms with Gasteiger partial charge in [0.1, 0.15) is 8.42 Å². The van der Waals surface area contributed by atoms with E-state index in [9.17, 15) is 0 Å². The lowest BCUT2D eigenvalue weighted by Crippen LogP contribution is -2.32. The summed E-state index contributed by atoms with van der Waals surface area (Å²) in [4.78, 5) is 2.68. The number of aromatic nitrogens is 1. The van der Waals surface area contributed by atoms with E-state index in [1.807, 2.05) is 11.8 Å². The number of nitrogens with zero attached hydrogens (tertiary/aromatic N) is 1. The van der Waals surface area contributed by atoms with Gasteiger partial charge in [-0.15, -0.1) is 0 Å². The predicted octanol–water partition coefficient (Wildman–Crippen LogP) is 9.90. The van der Waals surface area contributed by atoms with Crippen molar-refractivity contribution >= 4 is 44.1 Å². The van der Waals surface area contributed by atoms with Gasteiger partial charge in [0.15, 0.2) is 6.17 Å². The Morgan fingerprint density at radius 1 is 0.789 bits per heavy atom. The Hall–Kier alpha value is -2.84. The molecule has 6 rings (SSSR count). The highest BCUT2D eigenvalue weighted by Crippen LogP contribution is 2.53. The molecule has 2 heteroatoms. The molecule has 0 fully saturated rings. The molecule has 0 spiro atoms. The highest BCUT2D eigenvalue weighted by atomic mass is 32.2. The van der Waals surface area contributed by atoms with Crippen molar-refractivity contribution in [3.63, 3.8) is 0 Å². The molecular formula is C36H40NS+. The van der Waals surface area contributed by atoms with E-state index in [0.717, 1.165) is 12.8 Å². The molecule has 1 nitrogen and oxygen atoms in total. The lowest BCUT2D eigenvalue weighted by atomic mass is 9.82.